The number of ether oxygens (including phenoxy) is 3. The van der Waals surface area contributed by atoms with Crippen LogP contribution in [0.2, 0.25) is 0 Å². The number of benzene rings is 2. The molecule has 1 fully saturated rings. The summed E-state index contributed by atoms with van der Waals surface area (Å²) in [5, 5.41) is 4.07. The number of methoxy groups -OCH3 is 1. The van der Waals surface area contributed by atoms with E-state index in [0.29, 0.717) is 37.8 Å². The molecule has 8 heteroatoms. The summed E-state index contributed by atoms with van der Waals surface area (Å²) in [5.74, 6) is 2.51. The molecule has 1 amide bonds. The molecule has 1 atom stereocenters. The maximum atomic E-state index is 13.2. The van der Waals surface area contributed by atoms with E-state index in [0.717, 1.165) is 42.1 Å². The maximum Gasteiger partial charge on any atom is 0.227 e. The molecule has 3 aromatic rings. The highest BCUT2D eigenvalue weighted by Crippen LogP contribution is 2.23. The highest BCUT2D eigenvalue weighted by molar-refractivity contribution is 5.76. The van der Waals surface area contributed by atoms with Crippen molar-refractivity contribution in [3.63, 3.8) is 0 Å². The van der Waals surface area contributed by atoms with Crippen molar-refractivity contribution >= 4 is 5.91 Å². The fourth-order valence-corrected chi connectivity index (χ4v) is 4.04. The van der Waals surface area contributed by atoms with E-state index in [2.05, 4.69) is 10.1 Å². The first-order valence-electron chi connectivity index (χ1n) is 11.7. The summed E-state index contributed by atoms with van der Waals surface area (Å²) in [4.78, 5) is 19.5. The minimum absolute atomic E-state index is 0.0159. The third-order valence-corrected chi connectivity index (χ3v) is 5.80. The Labute approximate surface area is 199 Å². The van der Waals surface area contributed by atoms with E-state index in [1.54, 1.807) is 7.11 Å². The third kappa shape index (κ3) is 6.14. The summed E-state index contributed by atoms with van der Waals surface area (Å²) in [6.07, 6.45) is 2.69. The van der Waals surface area contributed by atoms with Crippen LogP contribution in [0.3, 0.4) is 0 Å². The molecule has 4 rings (SSSR count). The molecule has 1 unspecified atom stereocenters. The normalized spacial score (nSPS) is 15.3. The van der Waals surface area contributed by atoms with Crippen molar-refractivity contribution in [3.8, 4) is 22.9 Å². The lowest BCUT2D eigenvalue weighted by Gasteiger charge is -2.26. The Bertz CT molecular complexity index is 1060. The Hall–Kier alpha value is -3.39. The SMILES string of the molecule is CCOc1ccc(-c2noc(CCC(=O)N(Cc3ccccc3OC)CC3CCCO3)n2)cc1. The van der Waals surface area contributed by atoms with Crippen molar-refractivity contribution in [2.24, 2.45) is 0 Å². The summed E-state index contributed by atoms with van der Waals surface area (Å²) in [7, 11) is 1.64. The van der Waals surface area contributed by atoms with Gasteiger partial charge < -0.3 is 23.6 Å². The zero-order chi connectivity index (χ0) is 23.8. The van der Waals surface area contributed by atoms with E-state index in [-0.39, 0.29) is 18.4 Å². The van der Waals surface area contributed by atoms with Gasteiger partial charge in [0.1, 0.15) is 11.5 Å². The van der Waals surface area contributed by atoms with Gasteiger partial charge in [-0.2, -0.15) is 4.98 Å². The van der Waals surface area contributed by atoms with E-state index >= 15 is 0 Å². The second-order valence-corrected chi connectivity index (χ2v) is 8.19. The molecule has 0 bridgehead atoms. The number of para-hydroxylation sites is 1. The van der Waals surface area contributed by atoms with E-state index in [9.17, 15) is 4.79 Å². The molecule has 0 N–H and O–H groups in total. The van der Waals surface area contributed by atoms with Gasteiger partial charge in [-0.15, -0.1) is 0 Å². The fraction of sp³-hybridized carbons (Fsp3) is 0.423. The standard InChI is InChI=1S/C26H31N3O5/c1-3-32-21-12-10-19(11-13-21)26-27-24(34-28-26)14-15-25(30)29(18-22-8-6-16-33-22)17-20-7-4-5-9-23(20)31-2/h4-5,7,9-13,22H,3,6,8,14-18H2,1-2H3. The second-order valence-electron chi connectivity index (χ2n) is 8.19. The highest BCUT2D eigenvalue weighted by atomic mass is 16.5. The molecule has 1 saturated heterocycles. The van der Waals surface area contributed by atoms with Crippen LogP contribution in [-0.4, -0.2) is 53.9 Å². The minimum Gasteiger partial charge on any atom is -0.496 e. The van der Waals surface area contributed by atoms with E-state index < -0.39 is 0 Å². The first kappa shape index (κ1) is 23.8. The van der Waals surface area contributed by atoms with Crippen molar-refractivity contribution in [3.05, 3.63) is 60.0 Å². The molecule has 0 radical (unpaired) electrons. The van der Waals surface area contributed by atoms with Gasteiger partial charge in [0.05, 0.1) is 19.8 Å². The predicted molar refractivity (Wildman–Crippen MR) is 127 cm³/mol. The van der Waals surface area contributed by atoms with Gasteiger partial charge >= 0.3 is 0 Å². The van der Waals surface area contributed by atoms with Gasteiger partial charge in [-0.05, 0) is 50.1 Å². The van der Waals surface area contributed by atoms with Crippen LogP contribution >= 0.6 is 0 Å². The first-order valence-corrected chi connectivity index (χ1v) is 11.7. The number of amides is 1. The Morgan fingerprint density at radius 3 is 2.74 bits per heavy atom. The molecule has 1 aliphatic heterocycles. The summed E-state index contributed by atoms with van der Waals surface area (Å²) < 4.78 is 22.2. The molecule has 2 heterocycles. The minimum atomic E-state index is 0.0159. The largest absolute Gasteiger partial charge is 0.496 e. The molecule has 0 spiro atoms. The van der Waals surface area contributed by atoms with Crippen LogP contribution in [0.25, 0.3) is 11.4 Å². The summed E-state index contributed by atoms with van der Waals surface area (Å²) >= 11 is 0. The molecule has 2 aromatic carbocycles. The van der Waals surface area contributed by atoms with Gasteiger partial charge in [0.25, 0.3) is 0 Å². The van der Waals surface area contributed by atoms with Crippen LogP contribution in [0.4, 0.5) is 0 Å². The number of carbonyl (C=O) groups is 1. The van der Waals surface area contributed by atoms with Crippen molar-refractivity contribution in [1.82, 2.24) is 15.0 Å². The lowest BCUT2D eigenvalue weighted by Crippen LogP contribution is -2.37. The predicted octanol–water partition coefficient (Wildman–Crippen LogP) is 4.28. The van der Waals surface area contributed by atoms with Crippen LogP contribution in [0.15, 0.2) is 53.1 Å². The molecular formula is C26H31N3O5. The van der Waals surface area contributed by atoms with Crippen LogP contribution in [0.5, 0.6) is 11.5 Å². The number of hydrogen-bond donors (Lipinski definition) is 0. The molecule has 1 aromatic heterocycles. The summed E-state index contributed by atoms with van der Waals surface area (Å²) in [6, 6.07) is 15.3. The maximum absolute atomic E-state index is 13.2. The van der Waals surface area contributed by atoms with Gasteiger partial charge in [-0.3, -0.25) is 4.79 Å². The highest BCUT2D eigenvalue weighted by Gasteiger charge is 2.24. The first-order chi connectivity index (χ1) is 16.7. The molecule has 1 aliphatic rings. The van der Waals surface area contributed by atoms with Crippen LogP contribution < -0.4 is 9.47 Å². The van der Waals surface area contributed by atoms with E-state index in [4.69, 9.17) is 18.7 Å². The van der Waals surface area contributed by atoms with Crippen molar-refractivity contribution in [2.75, 3.05) is 26.9 Å². The summed E-state index contributed by atoms with van der Waals surface area (Å²) in [6.45, 7) is 4.32. The van der Waals surface area contributed by atoms with Crippen molar-refractivity contribution in [1.29, 1.82) is 0 Å². The molecular weight excluding hydrogens is 434 g/mol. The third-order valence-electron chi connectivity index (χ3n) is 5.80. The lowest BCUT2D eigenvalue weighted by atomic mass is 10.1. The van der Waals surface area contributed by atoms with Gasteiger partial charge in [-0.25, -0.2) is 0 Å². The lowest BCUT2D eigenvalue weighted by molar-refractivity contribution is -0.133. The van der Waals surface area contributed by atoms with Gasteiger partial charge in [0.2, 0.25) is 17.6 Å². The average Bonchev–Trinajstić information content (AvgIpc) is 3.55. The molecule has 180 valence electrons. The van der Waals surface area contributed by atoms with Gasteiger partial charge in [0, 0.05) is 43.7 Å². The topological polar surface area (TPSA) is 86.9 Å². The van der Waals surface area contributed by atoms with Crippen molar-refractivity contribution < 1.29 is 23.5 Å². The van der Waals surface area contributed by atoms with E-state index in [1.807, 2.05) is 60.4 Å². The molecule has 0 saturated carbocycles. The smallest absolute Gasteiger partial charge is 0.227 e. The molecule has 8 nitrogen and oxygen atoms in total. The van der Waals surface area contributed by atoms with Gasteiger partial charge in [-0.1, -0.05) is 23.4 Å². The zero-order valence-electron chi connectivity index (χ0n) is 19.7. The number of aryl methyl sites for hydroxylation is 1. The number of aromatic nitrogens is 2. The second kappa shape index (κ2) is 11.7. The summed E-state index contributed by atoms with van der Waals surface area (Å²) in [5.41, 5.74) is 1.80. The average molecular weight is 466 g/mol. The Kier molecular flexibility index (Phi) is 8.14. The van der Waals surface area contributed by atoms with Crippen LogP contribution in [-0.2, 0) is 22.5 Å². The number of rotatable bonds is 11. The van der Waals surface area contributed by atoms with Crippen molar-refractivity contribution in [2.45, 2.75) is 45.3 Å². The van der Waals surface area contributed by atoms with Gasteiger partial charge in [0.15, 0.2) is 0 Å². The van der Waals surface area contributed by atoms with Crippen LogP contribution in [0.1, 0.15) is 37.6 Å². The number of hydrogen-bond acceptors (Lipinski definition) is 7. The monoisotopic (exact) mass is 465 g/mol. The van der Waals surface area contributed by atoms with E-state index in [1.165, 1.54) is 0 Å². The molecule has 0 aliphatic carbocycles. The number of nitrogens with zero attached hydrogens (tertiary/aromatic N) is 3. The molecule has 34 heavy (non-hydrogen) atoms. The fourth-order valence-electron chi connectivity index (χ4n) is 4.04. The quantitative estimate of drug-likeness (QED) is 0.418. The Morgan fingerprint density at radius 2 is 2.00 bits per heavy atom. The van der Waals surface area contributed by atoms with Crippen LogP contribution in [0, 0.1) is 0 Å². The zero-order valence-corrected chi connectivity index (χ0v) is 19.7. The Balaban J connectivity index is 1.40. The number of carbonyl (C=O) groups excluding carboxylic acids is 1. The Morgan fingerprint density at radius 1 is 1.18 bits per heavy atom.